The number of aryl methyl sites for hydroxylation is 3. The van der Waals surface area contributed by atoms with E-state index >= 15 is 0 Å². The lowest BCUT2D eigenvalue weighted by Gasteiger charge is -2.32. The van der Waals surface area contributed by atoms with Crippen LogP contribution in [0.1, 0.15) is 347 Å². The van der Waals surface area contributed by atoms with Gasteiger partial charge in [-0.25, -0.2) is 12.7 Å². The van der Waals surface area contributed by atoms with Crippen molar-refractivity contribution >= 4 is 33.3 Å². The molecule has 2 N–H and O–H groups in total. The van der Waals surface area contributed by atoms with Crippen molar-refractivity contribution in [3.05, 3.63) is 207 Å². The molecular formula is C122H190F3N15O9S. The highest BCUT2D eigenvalue weighted by atomic mass is 32.2. The lowest BCUT2D eigenvalue weighted by Crippen LogP contribution is -2.41. The third kappa shape index (κ3) is 43.4. The average Bonchev–Trinajstić information content (AvgIpc) is 1.26. The molecule has 0 spiro atoms. The van der Waals surface area contributed by atoms with Crippen LogP contribution in [0, 0.1) is 43.4 Å². The average molecular weight is 2100 g/mol. The Morgan fingerprint density at radius 3 is 1.25 bits per heavy atom. The smallest absolute Gasteiger partial charge is 0.401 e. The fourth-order valence-electron chi connectivity index (χ4n) is 20.1. The van der Waals surface area contributed by atoms with Gasteiger partial charge in [0.2, 0.25) is 21.8 Å². The van der Waals surface area contributed by atoms with Gasteiger partial charge in [0.15, 0.2) is 0 Å². The third-order valence-electron chi connectivity index (χ3n) is 29.6. The first-order valence-corrected chi connectivity index (χ1v) is 57.3. The number of anilines is 2. The summed E-state index contributed by atoms with van der Waals surface area (Å²) in [5.41, 5.74) is 21.2. The van der Waals surface area contributed by atoms with Gasteiger partial charge in [-0.3, -0.25) is 54.1 Å². The number of rotatable bonds is 18. The maximum Gasteiger partial charge on any atom is 0.401 e. The van der Waals surface area contributed by atoms with Crippen LogP contribution >= 0.6 is 0 Å². The van der Waals surface area contributed by atoms with Gasteiger partial charge in [0.05, 0.1) is 24.7 Å². The summed E-state index contributed by atoms with van der Waals surface area (Å²) in [5.74, 6) is 5.09. The molecular weight excluding hydrogens is 1910 g/mol. The first kappa shape index (κ1) is 125. The van der Waals surface area contributed by atoms with Gasteiger partial charge in [0.1, 0.15) is 17.7 Å². The zero-order chi connectivity index (χ0) is 111. The van der Waals surface area contributed by atoms with Crippen molar-refractivity contribution in [3.63, 3.8) is 0 Å². The maximum absolute atomic E-state index is 12.4. The van der Waals surface area contributed by atoms with Crippen LogP contribution in [0.25, 0.3) is 0 Å². The first-order chi connectivity index (χ1) is 70.0. The summed E-state index contributed by atoms with van der Waals surface area (Å²) in [5, 5.41) is 11.6. The normalized spacial score (nSPS) is 19.0. The van der Waals surface area contributed by atoms with E-state index in [2.05, 4.69) is 285 Å². The molecule has 16 rings (SSSR count). The Hall–Kier alpha value is -8.90. The Labute approximate surface area is 901 Å². The van der Waals surface area contributed by atoms with Crippen LogP contribution in [0.3, 0.4) is 0 Å². The van der Waals surface area contributed by atoms with Crippen LogP contribution in [-0.4, -0.2) is 226 Å². The Balaban J connectivity index is 0.000000190. The Kier molecular flexibility index (Phi) is 46.5. The molecule has 150 heavy (non-hydrogen) atoms. The van der Waals surface area contributed by atoms with Crippen LogP contribution in [-0.2, 0) is 121 Å². The summed E-state index contributed by atoms with van der Waals surface area (Å²) in [6, 6.07) is 20.7. The van der Waals surface area contributed by atoms with Gasteiger partial charge in [-0.2, -0.15) is 18.3 Å². The molecule has 8 aromatic rings. The molecule has 0 aliphatic carbocycles. The topological polar surface area (TPSA) is 260 Å². The van der Waals surface area contributed by atoms with Crippen molar-refractivity contribution in [1.29, 1.82) is 0 Å². The van der Waals surface area contributed by atoms with E-state index in [1.165, 1.54) is 115 Å². The van der Waals surface area contributed by atoms with Gasteiger partial charge in [-0.15, -0.1) is 0 Å². The van der Waals surface area contributed by atoms with Crippen molar-refractivity contribution in [2.45, 2.75) is 377 Å². The number of aromatic nitrogens is 9. The van der Waals surface area contributed by atoms with Crippen LogP contribution in [0.2, 0.25) is 0 Å². The molecule has 834 valence electrons. The number of pyridine rings is 7. The number of carbonyl (C=O) groups excluding carboxylic acids is 2. The molecule has 8 aromatic heterocycles. The predicted octanol–water partition coefficient (Wildman–Crippen LogP) is 24.2. The Morgan fingerprint density at radius 2 is 0.813 bits per heavy atom. The fraction of sp³-hybridized carbons (Fsp3) is 0.672. The molecule has 8 aliphatic rings. The first-order valence-electron chi connectivity index (χ1n) is 55.4. The van der Waals surface area contributed by atoms with Crippen molar-refractivity contribution in [2.24, 2.45) is 36.6 Å². The standard InChI is InChI=1S/C16H23F3N2.C16H25N3O.C16H26N2O2S.C16H24N2O2.C16H25NO.C15H23NO.C14H21NO.C13H23N3O/c1-15(2,3)14-7-13(8-20-9-14)6-12-4-5-21(10-12)11-16(17,18)19;1-12(20)19-7-5-14(6-8-19)18-15-9-13(10-17-11-15)16(2,3)4;1-16(2,3)15-10-14(11-17-12-15)9-13-5-7-18(8-6-13)21(4,19)20;1-12(19)18-7-5-14(6-8-18)20-15-9-13(10-17-11-15)16(2,3)4;1-12-11-17-14(10-15(12)16(2,3)4)9-13-5-7-18-8-6-13;1-11-9-16-13(7-12-5-6-17-10-12)8-14(11)15(2,3)4;1-14(2,3)12-4-6-15-13(9-12)8-11-5-7-16-10-11;1-13(2,3)11-9-12(15-16(11)4)14-10-5-7-17-8-6-10/h7-9,12H,4-6,10-11H2,1-3H3;9-11,14,18H,5-8H2,1-4H3;10-13H,5-9H2,1-4H3;9-11,14H,5-8H2,1-4H3;10-11,13H,5-9H2,1-4H3;8-9,12H,5-7,10H2,1-4H3;4,6,9,11H,5,7-8,10H2,1-3H3;9-10H,5-8H2,1-4H3,(H,14,15). The number of halogens is 3. The SMILES string of the molecule is CC(=O)N1CCC(Nc2cncc(C(C)(C)C)c2)CC1.CC(=O)N1CCC(Oc2cncc(C(C)(C)C)c2)CC1.CC(C)(C)c1ccnc(CC2CCOC2)c1.CC(C)(C)c1cncc(CC2CCN(CC(F)(F)F)C2)c1.CC(C)(C)c1cncc(CC2CCN(S(C)(=O)=O)CC2)c1.Cc1cnc(CC2CCOC2)cc1C(C)(C)C.Cc1cnc(CC2CCOCC2)cc1C(C)(C)C.Cn1nc(NC2CCOCC2)cc1C(C)(C)C. The molecule has 24 nitrogen and oxygen atoms in total. The monoisotopic (exact) mass is 2100 g/mol. The zero-order valence-corrected chi connectivity index (χ0v) is 98.3. The van der Waals surface area contributed by atoms with E-state index in [0.717, 1.165) is 198 Å². The molecule has 28 heteroatoms. The van der Waals surface area contributed by atoms with E-state index in [1.54, 1.807) is 24.3 Å². The highest BCUT2D eigenvalue weighted by Gasteiger charge is 2.36. The third-order valence-corrected chi connectivity index (χ3v) is 30.9. The maximum atomic E-state index is 12.4. The largest absolute Gasteiger partial charge is 0.489 e. The number of hydrogen-bond donors (Lipinski definition) is 2. The number of ether oxygens (including phenoxy) is 5. The van der Waals surface area contributed by atoms with Gasteiger partial charge in [-0.05, 0) is 288 Å². The van der Waals surface area contributed by atoms with Gasteiger partial charge in [-0.1, -0.05) is 178 Å². The summed E-state index contributed by atoms with van der Waals surface area (Å²) in [7, 11) is -1.02. The minimum atomic E-state index is -4.09. The van der Waals surface area contributed by atoms with Crippen LogP contribution in [0.5, 0.6) is 5.75 Å². The number of piperidine rings is 3. The number of amides is 2. The van der Waals surface area contributed by atoms with E-state index in [0.29, 0.717) is 61.9 Å². The molecule has 0 aromatic carbocycles. The second kappa shape index (κ2) is 56.0. The number of likely N-dealkylation sites (tertiary alicyclic amines) is 3. The summed E-state index contributed by atoms with van der Waals surface area (Å²) < 4.78 is 91.4. The van der Waals surface area contributed by atoms with Crippen molar-refractivity contribution in [2.75, 3.05) is 129 Å². The number of alkyl halides is 3. The predicted molar refractivity (Wildman–Crippen MR) is 604 cm³/mol. The second-order valence-electron chi connectivity index (χ2n) is 51.5. The lowest BCUT2D eigenvalue weighted by molar-refractivity contribution is -0.143. The minimum absolute atomic E-state index is 0.0427. The molecule has 8 aliphatic heterocycles. The molecule has 8 saturated heterocycles. The van der Waals surface area contributed by atoms with Crippen LogP contribution in [0.4, 0.5) is 24.7 Å². The van der Waals surface area contributed by atoms with E-state index in [-0.39, 0.29) is 61.2 Å². The summed E-state index contributed by atoms with van der Waals surface area (Å²) in [6.07, 6.45) is 36.8. The van der Waals surface area contributed by atoms with Gasteiger partial charge < -0.3 is 44.1 Å². The van der Waals surface area contributed by atoms with E-state index < -0.39 is 22.7 Å². The molecule has 3 unspecified atom stereocenters. The molecule has 0 radical (unpaired) electrons. The second-order valence-corrected chi connectivity index (χ2v) is 53.5. The van der Waals surface area contributed by atoms with Crippen LogP contribution in [0.15, 0.2) is 123 Å². The number of nitrogens with one attached hydrogen (secondary N) is 2. The summed E-state index contributed by atoms with van der Waals surface area (Å²) in [4.78, 5) is 58.8. The van der Waals surface area contributed by atoms with Crippen molar-refractivity contribution < 1.29 is 54.9 Å². The Bertz CT molecular complexity index is 5460. The van der Waals surface area contributed by atoms with E-state index in [9.17, 15) is 31.2 Å². The number of nitrogens with zero attached hydrogens (tertiary/aromatic N) is 13. The lowest BCUT2D eigenvalue weighted by atomic mass is 9.83. The molecule has 16 heterocycles. The summed E-state index contributed by atoms with van der Waals surface area (Å²) >= 11 is 0. The van der Waals surface area contributed by atoms with Gasteiger partial charge in [0.25, 0.3) is 0 Å². The number of hydrogen-bond acceptors (Lipinski definition) is 20. The van der Waals surface area contributed by atoms with Crippen molar-refractivity contribution in [3.8, 4) is 5.75 Å². The van der Waals surface area contributed by atoms with Gasteiger partial charge >= 0.3 is 6.18 Å². The molecule has 2 amide bonds. The molecule has 3 atom stereocenters. The number of sulfonamides is 1. The minimum Gasteiger partial charge on any atom is -0.489 e. The zero-order valence-electron chi connectivity index (χ0n) is 97.4. The quantitative estimate of drug-likeness (QED) is 0.0809. The van der Waals surface area contributed by atoms with Gasteiger partial charge in [0, 0.05) is 241 Å². The van der Waals surface area contributed by atoms with E-state index in [4.69, 9.17) is 23.7 Å². The van der Waals surface area contributed by atoms with Crippen LogP contribution < -0.4 is 15.4 Å². The fourth-order valence-corrected chi connectivity index (χ4v) is 21.0. The number of carbonyl (C=O) groups is 2. The van der Waals surface area contributed by atoms with Crippen molar-refractivity contribution in [1.82, 2.24) is 63.7 Å². The molecule has 8 fully saturated rings. The molecule has 0 bridgehead atoms. The Morgan fingerprint density at radius 1 is 0.407 bits per heavy atom. The van der Waals surface area contributed by atoms with E-state index in [1.807, 2.05) is 83.5 Å². The highest BCUT2D eigenvalue weighted by Crippen LogP contribution is 2.37. The highest BCUT2D eigenvalue weighted by molar-refractivity contribution is 7.88. The summed E-state index contributed by atoms with van der Waals surface area (Å²) in [6.45, 7) is 72.6. The molecule has 0 saturated carbocycles.